The second-order valence-corrected chi connectivity index (χ2v) is 12.4. The molecule has 0 N–H and O–H groups in total. The maximum absolute atomic E-state index is 13.0. The van der Waals surface area contributed by atoms with Gasteiger partial charge in [0.2, 0.25) is 0 Å². The van der Waals surface area contributed by atoms with Crippen LogP contribution in [0.25, 0.3) is 0 Å². The van der Waals surface area contributed by atoms with E-state index in [0.717, 1.165) is 0 Å². The summed E-state index contributed by atoms with van der Waals surface area (Å²) in [5.41, 5.74) is 0. The lowest BCUT2D eigenvalue weighted by atomic mass is 10.2. The minimum Gasteiger partial charge on any atom is -0.409 e. The van der Waals surface area contributed by atoms with E-state index >= 15 is 0 Å². The minimum absolute atomic E-state index is 0.0351. The van der Waals surface area contributed by atoms with Crippen molar-refractivity contribution >= 4 is 16.1 Å². The van der Waals surface area contributed by atoms with Crippen molar-refractivity contribution in [1.29, 1.82) is 0 Å². The molecule has 1 atom stereocenters. The molecule has 0 radical (unpaired) electrons. The van der Waals surface area contributed by atoms with Crippen LogP contribution in [-0.4, -0.2) is 41.9 Å². The Morgan fingerprint density at radius 1 is 1.21 bits per heavy atom. The molecule has 0 heterocycles. The highest BCUT2D eigenvalue weighted by Crippen LogP contribution is 2.47. The third-order valence-corrected chi connectivity index (χ3v) is 9.20. The van der Waals surface area contributed by atoms with Gasteiger partial charge in [-0.3, -0.25) is 13.6 Å². The van der Waals surface area contributed by atoms with Gasteiger partial charge in [-0.25, -0.2) is 8.96 Å². The zero-order valence-corrected chi connectivity index (χ0v) is 14.8. The Morgan fingerprint density at radius 3 is 2.00 bits per heavy atom. The highest BCUT2D eigenvalue weighted by molar-refractivity contribution is 7.48. The Labute approximate surface area is 116 Å². The first-order valence-electron chi connectivity index (χ1n) is 6.11. The average Bonchev–Trinajstić information content (AvgIpc) is 2.32. The normalized spacial score (nSPS) is 15.6. The van der Waals surface area contributed by atoms with Crippen molar-refractivity contribution in [3.05, 3.63) is 0 Å². The van der Waals surface area contributed by atoms with Gasteiger partial charge in [-0.15, -0.1) is 0 Å². The van der Waals surface area contributed by atoms with Gasteiger partial charge >= 0.3 is 7.82 Å². The fraction of sp³-hybridized carbons (Fsp3) is 1.00. The van der Waals surface area contributed by atoms with Crippen molar-refractivity contribution in [2.75, 3.05) is 27.5 Å². The maximum atomic E-state index is 13.0. The molecule has 0 aromatic rings. The number of phosphoric ester groups is 1. The molecule has 0 fully saturated rings. The van der Waals surface area contributed by atoms with Crippen molar-refractivity contribution in [3.8, 4) is 0 Å². The van der Waals surface area contributed by atoms with Crippen LogP contribution in [0.2, 0.25) is 18.1 Å². The predicted octanol–water partition coefficient (Wildman–Crippen LogP) is 3.76. The Bertz CT molecular complexity index is 311. The molecular formula is C11H26FO5PSi. The van der Waals surface area contributed by atoms with Crippen molar-refractivity contribution in [3.63, 3.8) is 0 Å². The zero-order chi connectivity index (χ0) is 15.3. The van der Waals surface area contributed by atoms with E-state index in [-0.39, 0.29) is 11.6 Å². The Balaban J connectivity index is 4.58. The van der Waals surface area contributed by atoms with Crippen molar-refractivity contribution < 1.29 is 27.0 Å². The van der Waals surface area contributed by atoms with Gasteiger partial charge < -0.3 is 4.43 Å². The van der Waals surface area contributed by atoms with Crippen LogP contribution in [0.1, 0.15) is 20.8 Å². The summed E-state index contributed by atoms with van der Waals surface area (Å²) in [6.45, 7) is 9.34. The van der Waals surface area contributed by atoms with Crippen LogP contribution in [0.4, 0.5) is 4.39 Å². The van der Waals surface area contributed by atoms with Crippen LogP contribution in [-0.2, 0) is 22.6 Å². The zero-order valence-electron chi connectivity index (χ0n) is 12.9. The summed E-state index contributed by atoms with van der Waals surface area (Å²) >= 11 is 0. The van der Waals surface area contributed by atoms with E-state index in [0.29, 0.717) is 0 Å². The second kappa shape index (κ2) is 7.29. The molecule has 19 heavy (non-hydrogen) atoms. The standard InChI is InChI=1S/C11H26FO5PSi/c1-11(2,3)19(6,7)17-10(8-12)9-16-18(13,14-4)15-5/h10H,8-9H2,1-7H3/t10-/m1/s1. The van der Waals surface area contributed by atoms with Gasteiger partial charge in [0.25, 0.3) is 0 Å². The van der Waals surface area contributed by atoms with Gasteiger partial charge in [-0.1, -0.05) is 20.8 Å². The van der Waals surface area contributed by atoms with E-state index in [9.17, 15) is 8.96 Å². The van der Waals surface area contributed by atoms with Crippen LogP contribution in [0.5, 0.6) is 0 Å². The quantitative estimate of drug-likeness (QED) is 0.504. The Kier molecular flexibility index (Phi) is 7.37. The number of hydrogen-bond donors (Lipinski definition) is 0. The van der Waals surface area contributed by atoms with Crippen molar-refractivity contribution in [2.24, 2.45) is 0 Å². The van der Waals surface area contributed by atoms with Gasteiger partial charge in [0, 0.05) is 14.2 Å². The number of alkyl halides is 1. The van der Waals surface area contributed by atoms with Gasteiger partial charge in [0.05, 0.1) is 12.7 Å². The highest BCUT2D eigenvalue weighted by atomic mass is 31.2. The van der Waals surface area contributed by atoms with E-state index < -0.39 is 28.9 Å². The van der Waals surface area contributed by atoms with Crippen LogP contribution >= 0.6 is 7.82 Å². The number of phosphoric acid groups is 1. The summed E-state index contributed by atoms with van der Waals surface area (Å²) in [5.74, 6) is 0. The van der Waals surface area contributed by atoms with Crippen molar-refractivity contribution in [2.45, 2.75) is 45.0 Å². The van der Waals surface area contributed by atoms with Crippen LogP contribution in [0.3, 0.4) is 0 Å². The molecule has 0 rings (SSSR count). The van der Waals surface area contributed by atoms with Crippen LogP contribution in [0.15, 0.2) is 0 Å². The topological polar surface area (TPSA) is 54.0 Å². The third kappa shape index (κ3) is 6.02. The Morgan fingerprint density at radius 2 is 1.68 bits per heavy atom. The largest absolute Gasteiger partial charge is 0.474 e. The molecule has 0 bridgehead atoms. The van der Waals surface area contributed by atoms with E-state index in [1.165, 1.54) is 14.2 Å². The number of halogens is 1. The molecule has 0 spiro atoms. The van der Waals surface area contributed by atoms with Crippen LogP contribution < -0.4 is 0 Å². The fourth-order valence-electron chi connectivity index (χ4n) is 1.06. The third-order valence-electron chi connectivity index (χ3n) is 3.31. The molecule has 116 valence electrons. The molecule has 0 aromatic carbocycles. The minimum atomic E-state index is -3.59. The molecule has 0 aromatic heterocycles. The first-order chi connectivity index (χ1) is 8.51. The molecule has 0 unspecified atom stereocenters. The summed E-state index contributed by atoms with van der Waals surface area (Å²) in [6.07, 6.45) is -0.764. The van der Waals surface area contributed by atoms with Crippen molar-refractivity contribution in [1.82, 2.24) is 0 Å². The highest BCUT2D eigenvalue weighted by Gasteiger charge is 2.39. The molecule has 0 saturated carbocycles. The lowest BCUT2D eigenvalue weighted by molar-refractivity contribution is 0.0648. The molecule has 0 aliphatic rings. The summed E-state index contributed by atoms with van der Waals surface area (Å²) < 4.78 is 44.8. The Hall–Kier alpha value is 0.217. The maximum Gasteiger partial charge on any atom is 0.474 e. The molecule has 0 saturated heterocycles. The van der Waals surface area contributed by atoms with E-state index in [4.69, 9.17) is 8.95 Å². The lowest BCUT2D eigenvalue weighted by Gasteiger charge is -2.38. The summed E-state index contributed by atoms with van der Waals surface area (Å²) in [6, 6.07) is 0. The van der Waals surface area contributed by atoms with Gasteiger partial charge in [-0.2, -0.15) is 0 Å². The second-order valence-electron chi connectivity index (χ2n) is 5.76. The molecule has 0 aliphatic heterocycles. The number of rotatable bonds is 8. The molecule has 0 amide bonds. The first-order valence-corrected chi connectivity index (χ1v) is 10.5. The predicted molar refractivity (Wildman–Crippen MR) is 75.6 cm³/mol. The lowest BCUT2D eigenvalue weighted by Crippen LogP contribution is -2.45. The molecule has 5 nitrogen and oxygen atoms in total. The molecule has 0 aliphatic carbocycles. The monoisotopic (exact) mass is 316 g/mol. The van der Waals surface area contributed by atoms with E-state index in [2.05, 4.69) is 29.8 Å². The SMILES string of the molecule is COP(=O)(OC)OC[C@@H](CF)O[Si](C)(C)C(C)(C)C. The van der Waals surface area contributed by atoms with Gasteiger partial charge in [0.15, 0.2) is 8.32 Å². The first kappa shape index (κ1) is 19.2. The molecule has 8 heteroatoms. The fourth-order valence-corrected chi connectivity index (χ4v) is 3.08. The van der Waals surface area contributed by atoms with Gasteiger partial charge in [0.1, 0.15) is 6.67 Å². The average molecular weight is 316 g/mol. The summed E-state index contributed by atoms with van der Waals surface area (Å²) in [7, 11) is -3.26. The van der Waals surface area contributed by atoms with Gasteiger partial charge in [-0.05, 0) is 18.1 Å². The number of hydrogen-bond acceptors (Lipinski definition) is 5. The van der Waals surface area contributed by atoms with E-state index in [1.54, 1.807) is 0 Å². The summed E-state index contributed by atoms with van der Waals surface area (Å²) in [5, 5.41) is -0.0351. The summed E-state index contributed by atoms with van der Waals surface area (Å²) in [4.78, 5) is 0. The molecular weight excluding hydrogens is 290 g/mol. The van der Waals surface area contributed by atoms with E-state index in [1.807, 2.05) is 13.1 Å². The van der Waals surface area contributed by atoms with Crippen LogP contribution in [0, 0.1) is 0 Å². The smallest absolute Gasteiger partial charge is 0.409 e.